The Morgan fingerprint density at radius 1 is 1.12 bits per heavy atom. The number of aromatic hydroxyl groups is 1. The molecule has 1 heterocycles. The van der Waals surface area contributed by atoms with Crippen LogP contribution in [0.25, 0.3) is 10.9 Å². The Morgan fingerprint density at radius 3 is 2.64 bits per heavy atom. The summed E-state index contributed by atoms with van der Waals surface area (Å²) in [5.41, 5.74) is 5.05. The average molecular weight is 338 g/mol. The molecule has 2 aromatic carbocycles. The second-order valence-corrected chi connectivity index (χ2v) is 5.93. The molecular weight excluding hydrogens is 316 g/mol. The van der Waals surface area contributed by atoms with Crippen LogP contribution in [0.4, 0.5) is 5.69 Å². The van der Waals surface area contributed by atoms with Gasteiger partial charge in [-0.1, -0.05) is 0 Å². The Hall–Kier alpha value is -2.95. The summed E-state index contributed by atoms with van der Waals surface area (Å²) in [7, 11) is 3.06. The Kier molecular flexibility index (Phi) is 4.65. The number of fused-ring (bicyclic) bond motifs is 1. The minimum Gasteiger partial charge on any atom is -0.504 e. The minimum atomic E-state index is 0.0839. The second kappa shape index (κ2) is 6.89. The third kappa shape index (κ3) is 3.05. The van der Waals surface area contributed by atoms with Gasteiger partial charge in [-0.3, -0.25) is 4.98 Å². The summed E-state index contributed by atoms with van der Waals surface area (Å²) in [6.45, 7) is 4.61. The van der Waals surface area contributed by atoms with Crippen molar-refractivity contribution in [2.75, 3.05) is 19.5 Å². The highest BCUT2D eigenvalue weighted by Gasteiger charge is 2.14. The number of aryl methyl sites for hydroxylation is 2. The van der Waals surface area contributed by atoms with Gasteiger partial charge in [-0.25, -0.2) is 0 Å². The van der Waals surface area contributed by atoms with Gasteiger partial charge in [0, 0.05) is 29.4 Å². The normalized spacial score (nSPS) is 10.7. The zero-order chi connectivity index (χ0) is 18.0. The fourth-order valence-corrected chi connectivity index (χ4v) is 2.94. The summed E-state index contributed by atoms with van der Waals surface area (Å²) in [6.07, 6.45) is 1.80. The first-order chi connectivity index (χ1) is 12.1. The molecule has 3 aromatic rings. The van der Waals surface area contributed by atoms with Crippen molar-refractivity contribution in [2.45, 2.75) is 20.4 Å². The molecule has 0 saturated heterocycles. The molecule has 0 saturated carbocycles. The molecule has 130 valence electrons. The Labute approximate surface area is 147 Å². The van der Waals surface area contributed by atoms with Crippen LogP contribution in [0.3, 0.4) is 0 Å². The van der Waals surface area contributed by atoms with Crippen molar-refractivity contribution in [1.82, 2.24) is 4.98 Å². The number of benzene rings is 2. The van der Waals surface area contributed by atoms with Gasteiger partial charge in [0.05, 0.1) is 19.7 Å². The van der Waals surface area contributed by atoms with E-state index in [4.69, 9.17) is 9.47 Å². The Morgan fingerprint density at radius 2 is 1.92 bits per heavy atom. The highest BCUT2D eigenvalue weighted by atomic mass is 16.5. The summed E-state index contributed by atoms with van der Waals surface area (Å²) in [5, 5.41) is 14.9. The third-order valence-corrected chi connectivity index (χ3v) is 4.48. The summed E-state index contributed by atoms with van der Waals surface area (Å²) in [6, 6.07) is 9.69. The molecule has 0 radical (unpaired) electrons. The summed E-state index contributed by atoms with van der Waals surface area (Å²) < 4.78 is 10.5. The number of nitrogens with one attached hydrogen (secondary N) is 1. The molecule has 0 aliphatic heterocycles. The number of nitrogens with zero attached hydrogens (tertiary/aromatic N) is 1. The van der Waals surface area contributed by atoms with E-state index in [2.05, 4.69) is 30.2 Å². The molecule has 0 bridgehead atoms. The van der Waals surface area contributed by atoms with Crippen molar-refractivity contribution in [2.24, 2.45) is 0 Å². The van der Waals surface area contributed by atoms with Crippen molar-refractivity contribution >= 4 is 16.6 Å². The first kappa shape index (κ1) is 16.9. The minimum absolute atomic E-state index is 0.0839. The van der Waals surface area contributed by atoms with Crippen LogP contribution in [0, 0.1) is 13.8 Å². The largest absolute Gasteiger partial charge is 0.504 e. The molecule has 1 aromatic heterocycles. The highest BCUT2D eigenvalue weighted by Crippen LogP contribution is 2.39. The first-order valence-electron chi connectivity index (χ1n) is 8.08. The van der Waals surface area contributed by atoms with E-state index in [9.17, 15) is 5.11 Å². The topological polar surface area (TPSA) is 63.6 Å². The van der Waals surface area contributed by atoms with Gasteiger partial charge in [0.25, 0.3) is 0 Å². The van der Waals surface area contributed by atoms with E-state index in [1.807, 2.05) is 18.2 Å². The van der Waals surface area contributed by atoms with E-state index in [0.717, 1.165) is 22.2 Å². The lowest BCUT2D eigenvalue weighted by atomic mass is 10.0. The number of anilines is 1. The fraction of sp³-hybridized carbons (Fsp3) is 0.250. The predicted molar refractivity (Wildman–Crippen MR) is 99.8 cm³/mol. The van der Waals surface area contributed by atoms with Crippen LogP contribution in [0.15, 0.2) is 36.5 Å². The molecule has 0 aliphatic rings. The van der Waals surface area contributed by atoms with E-state index in [0.29, 0.717) is 18.0 Å². The van der Waals surface area contributed by atoms with Crippen LogP contribution in [-0.2, 0) is 6.54 Å². The predicted octanol–water partition coefficient (Wildman–Crippen LogP) is 4.19. The lowest BCUT2D eigenvalue weighted by Crippen LogP contribution is -2.03. The second-order valence-electron chi connectivity index (χ2n) is 5.93. The third-order valence-electron chi connectivity index (χ3n) is 4.48. The van der Waals surface area contributed by atoms with Gasteiger partial charge in [0.15, 0.2) is 11.5 Å². The maximum atomic E-state index is 10.4. The number of hydrogen-bond donors (Lipinski definition) is 2. The maximum Gasteiger partial charge on any atom is 0.203 e. The van der Waals surface area contributed by atoms with Crippen LogP contribution in [-0.4, -0.2) is 24.3 Å². The van der Waals surface area contributed by atoms with Gasteiger partial charge < -0.3 is 19.9 Å². The number of aromatic nitrogens is 1. The van der Waals surface area contributed by atoms with E-state index in [1.54, 1.807) is 19.4 Å². The monoisotopic (exact) mass is 338 g/mol. The van der Waals surface area contributed by atoms with Crippen LogP contribution < -0.4 is 14.8 Å². The number of hydrogen-bond acceptors (Lipinski definition) is 5. The van der Waals surface area contributed by atoms with Gasteiger partial charge in [-0.2, -0.15) is 0 Å². The number of pyridine rings is 1. The fourth-order valence-electron chi connectivity index (χ4n) is 2.94. The number of methoxy groups -OCH3 is 2. The zero-order valence-corrected chi connectivity index (χ0v) is 14.9. The van der Waals surface area contributed by atoms with Crippen LogP contribution in [0.5, 0.6) is 17.2 Å². The van der Waals surface area contributed by atoms with Crippen LogP contribution in [0.1, 0.15) is 16.7 Å². The first-order valence-corrected chi connectivity index (χ1v) is 8.08. The molecule has 25 heavy (non-hydrogen) atoms. The maximum absolute atomic E-state index is 10.4. The molecule has 0 fully saturated rings. The smallest absolute Gasteiger partial charge is 0.203 e. The lowest BCUT2D eigenvalue weighted by Gasteiger charge is -2.16. The number of rotatable bonds is 5. The van der Waals surface area contributed by atoms with E-state index in [-0.39, 0.29) is 5.75 Å². The molecule has 5 nitrogen and oxygen atoms in total. The van der Waals surface area contributed by atoms with E-state index >= 15 is 0 Å². The number of ether oxygens (including phenoxy) is 2. The average Bonchev–Trinajstić information content (AvgIpc) is 2.64. The molecule has 5 heteroatoms. The zero-order valence-electron chi connectivity index (χ0n) is 14.9. The van der Waals surface area contributed by atoms with Crippen molar-refractivity contribution in [3.8, 4) is 17.2 Å². The SMILES string of the molecule is COc1ccc(CNc2cc(C)c(C)c3ncccc23)c(O)c1OC. The molecule has 0 unspecified atom stereocenters. The Bertz CT molecular complexity index is 922. The summed E-state index contributed by atoms with van der Waals surface area (Å²) in [4.78, 5) is 4.50. The molecule has 0 spiro atoms. The summed E-state index contributed by atoms with van der Waals surface area (Å²) in [5.74, 6) is 0.929. The van der Waals surface area contributed by atoms with E-state index in [1.165, 1.54) is 18.2 Å². The van der Waals surface area contributed by atoms with Crippen LogP contribution in [0.2, 0.25) is 0 Å². The molecular formula is C20H22N2O3. The summed E-state index contributed by atoms with van der Waals surface area (Å²) >= 11 is 0. The van der Waals surface area contributed by atoms with Gasteiger partial charge in [0.1, 0.15) is 0 Å². The van der Waals surface area contributed by atoms with Crippen molar-refractivity contribution in [3.63, 3.8) is 0 Å². The van der Waals surface area contributed by atoms with Gasteiger partial charge in [-0.15, -0.1) is 0 Å². The Balaban J connectivity index is 1.95. The number of phenolic OH excluding ortho intramolecular Hbond substituents is 1. The molecule has 2 N–H and O–H groups in total. The van der Waals surface area contributed by atoms with Gasteiger partial charge >= 0.3 is 0 Å². The molecule has 0 aliphatic carbocycles. The number of phenols is 1. The lowest BCUT2D eigenvalue weighted by molar-refractivity contribution is 0.331. The quantitative estimate of drug-likeness (QED) is 0.730. The molecule has 0 amide bonds. The van der Waals surface area contributed by atoms with Crippen molar-refractivity contribution in [3.05, 3.63) is 53.2 Å². The molecule has 0 atom stereocenters. The van der Waals surface area contributed by atoms with Crippen LogP contribution >= 0.6 is 0 Å². The van der Waals surface area contributed by atoms with E-state index < -0.39 is 0 Å². The van der Waals surface area contributed by atoms with Crippen molar-refractivity contribution < 1.29 is 14.6 Å². The molecule has 3 rings (SSSR count). The standard InChI is InChI=1S/C20H22N2O3/c1-12-10-16(15-6-5-9-21-18(15)13(12)2)22-11-14-7-8-17(24-3)20(25-4)19(14)23/h5-10,22-23H,11H2,1-4H3. The highest BCUT2D eigenvalue weighted by molar-refractivity contribution is 5.94. The van der Waals surface area contributed by atoms with Gasteiger partial charge in [0.2, 0.25) is 5.75 Å². The van der Waals surface area contributed by atoms with Gasteiger partial charge in [-0.05, 0) is 55.3 Å². The van der Waals surface area contributed by atoms with Crippen molar-refractivity contribution in [1.29, 1.82) is 0 Å².